The topological polar surface area (TPSA) is 72.9 Å². The summed E-state index contributed by atoms with van der Waals surface area (Å²) in [7, 11) is 3.74. The number of hydrogen-bond donors (Lipinski definition) is 0. The Kier molecular flexibility index (Phi) is 4.00. The van der Waals surface area contributed by atoms with Crippen molar-refractivity contribution in [2.75, 3.05) is 19.0 Å². The minimum atomic E-state index is -2.77. The largest absolute Gasteiger partial charge is 0.346 e. The Hall–Kier alpha value is -2.84. The van der Waals surface area contributed by atoms with Gasteiger partial charge in [-0.25, -0.2) is 9.67 Å². The van der Waals surface area contributed by atoms with Gasteiger partial charge in [-0.1, -0.05) is 29.4 Å². The molecule has 23 heavy (non-hydrogen) atoms. The zero-order valence-corrected chi connectivity index (χ0v) is 12.5. The molecule has 3 rings (SSSR count). The van der Waals surface area contributed by atoms with Gasteiger partial charge >= 0.3 is 6.43 Å². The molecule has 120 valence electrons. The zero-order valence-electron chi connectivity index (χ0n) is 12.5. The van der Waals surface area contributed by atoms with Crippen molar-refractivity contribution >= 4 is 5.95 Å². The molecule has 0 amide bonds. The molecule has 2 heterocycles. The Balaban J connectivity index is 1.73. The summed E-state index contributed by atoms with van der Waals surface area (Å²) < 4.78 is 31.1. The van der Waals surface area contributed by atoms with Crippen molar-refractivity contribution in [2.24, 2.45) is 0 Å². The van der Waals surface area contributed by atoms with Gasteiger partial charge in [-0.2, -0.15) is 13.8 Å². The summed E-state index contributed by atoms with van der Waals surface area (Å²) in [4.78, 5) is 9.64. The second-order valence-electron chi connectivity index (χ2n) is 5.09. The Morgan fingerprint density at radius 1 is 1.22 bits per heavy atom. The Morgan fingerprint density at radius 2 is 1.96 bits per heavy atom. The van der Waals surface area contributed by atoms with Crippen LogP contribution in [0.3, 0.4) is 0 Å². The van der Waals surface area contributed by atoms with Crippen LogP contribution in [0.2, 0.25) is 0 Å². The van der Waals surface area contributed by atoms with E-state index in [1.165, 1.54) is 0 Å². The van der Waals surface area contributed by atoms with E-state index in [0.717, 1.165) is 5.56 Å². The summed E-state index contributed by atoms with van der Waals surface area (Å²) >= 11 is 0. The molecular formula is C14H14F2N6O. The number of nitrogens with zero attached hydrogens (tertiary/aromatic N) is 6. The van der Waals surface area contributed by atoms with Crippen molar-refractivity contribution in [3.05, 3.63) is 42.0 Å². The van der Waals surface area contributed by atoms with Gasteiger partial charge < -0.3 is 9.42 Å². The van der Waals surface area contributed by atoms with Crippen LogP contribution >= 0.6 is 0 Å². The van der Waals surface area contributed by atoms with Crippen LogP contribution in [-0.4, -0.2) is 39.0 Å². The predicted molar refractivity (Wildman–Crippen MR) is 78.1 cm³/mol. The maximum absolute atomic E-state index is 12.4. The number of rotatable bonds is 5. The first kappa shape index (κ1) is 15.1. The van der Waals surface area contributed by atoms with Gasteiger partial charge in [0.2, 0.25) is 11.8 Å². The van der Waals surface area contributed by atoms with E-state index in [9.17, 15) is 8.78 Å². The molecule has 0 spiro atoms. The lowest BCUT2D eigenvalue weighted by Crippen LogP contribution is -2.11. The van der Waals surface area contributed by atoms with Crippen LogP contribution in [0.4, 0.5) is 14.7 Å². The quantitative estimate of drug-likeness (QED) is 0.718. The molecule has 7 nitrogen and oxygen atoms in total. The molecule has 0 N–H and O–H groups in total. The summed E-state index contributed by atoms with van der Waals surface area (Å²) in [5.41, 5.74) is 1.60. The molecule has 0 unspecified atom stereocenters. The number of alkyl halides is 2. The molecule has 0 aliphatic rings. The molecule has 3 aromatic rings. The van der Waals surface area contributed by atoms with Crippen molar-refractivity contribution in [3.63, 3.8) is 0 Å². The van der Waals surface area contributed by atoms with Crippen molar-refractivity contribution in [1.82, 2.24) is 24.9 Å². The van der Waals surface area contributed by atoms with Gasteiger partial charge in [0.15, 0.2) is 0 Å². The standard InChI is InChI=1S/C14H14F2N6O/c1-21(2)14-17-8-22(19-14)7-9-3-5-10(6-4-9)12-18-13(11(15)16)23-20-12/h3-6,8,11H,7H2,1-2H3. The molecule has 9 heteroatoms. The average Bonchev–Trinajstić information content (AvgIpc) is 3.17. The third-order valence-corrected chi connectivity index (χ3v) is 3.11. The highest BCUT2D eigenvalue weighted by Gasteiger charge is 2.17. The van der Waals surface area contributed by atoms with E-state index in [1.54, 1.807) is 23.1 Å². The van der Waals surface area contributed by atoms with E-state index < -0.39 is 12.3 Å². The van der Waals surface area contributed by atoms with E-state index in [4.69, 9.17) is 0 Å². The Bertz CT molecular complexity index is 781. The molecule has 0 atom stereocenters. The molecule has 0 aliphatic carbocycles. The van der Waals surface area contributed by atoms with Crippen molar-refractivity contribution in [2.45, 2.75) is 13.0 Å². The third kappa shape index (κ3) is 3.33. The normalized spacial score (nSPS) is 11.2. The third-order valence-electron chi connectivity index (χ3n) is 3.11. The highest BCUT2D eigenvalue weighted by molar-refractivity contribution is 5.54. The van der Waals surface area contributed by atoms with Crippen LogP contribution in [-0.2, 0) is 6.54 Å². The lowest BCUT2D eigenvalue weighted by Gasteiger charge is -2.05. The lowest BCUT2D eigenvalue weighted by molar-refractivity contribution is 0.106. The molecule has 0 saturated heterocycles. The van der Waals surface area contributed by atoms with E-state index >= 15 is 0 Å². The minimum absolute atomic E-state index is 0.141. The number of hydrogen-bond acceptors (Lipinski definition) is 6. The summed E-state index contributed by atoms with van der Waals surface area (Å²) in [6.07, 6.45) is -1.12. The first-order valence-corrected chi connectivity index (χ1v) is 6.81. The van der Waals surface area contributed by atoms with Gasteiger partial charge in [-0.05, 0) is 5.56 Å². The molecule has 1 aromatic carbocycles. The molecular weight excluding hydrogens is 306 g/mol. The van der Waals surface area contributed by atoms with E-state index in [-0.39, 0.29) is 5.82 Å². The van der Waals surface area contributed by atoms with Crippen LogP contribution in [0.25, 0.3) is 11.4 Å². The molecule has 0 bridgehead atoms. The maximum Gasteiger partial charge on any atom is 0.315 e. The van der Waals surface area contributed by atoms with Crippen molar-refractivity contribution in [3.8, 4) is 11.4 Å². The van der Waals surface area contributed by atoms with Gasteiger partial charge in [0.25, 0.3) is 5.89 Å². The highest BCUT2D eigenvalue weighted by Crippen LogP contribution is 2.21. The molecule has 0 saturated carbocycles. The van der Waals surface area contributed by atoms with Crippen LogP contribution in [0, 0.1) is 0 Å². The highest BCUT2D eigenvalue weighted by atomic mass is 19.3. The number of benzene rings is 1. The number of halogens is 2. The van der Waals surface area contributed by atoms with Gasteiger partial charge in [-0.15, -0.1) is 5.10 Å². The van der Waals surface area contributed by atoms with Crippen LogP contribution < -0.4 is 4.90 Å². The van der Waals surface area contributed by atoms with Crippen molar-refractivity contribution < 1.29 is 13.3 Å². The molecule has 0 radical (unpaired) electrons. The number of anilines is 1. The average molecular weight is 320 g/mol. The van der Waals surface area contributed by atoms with Crippen LogP contribution in [0.1, 0.15) is 17.9 Å². The van der Waals surface area contributed by atoms with Crippen LogP contribution in [0.15, 0.2) is 35.1 Å². The fourth-order valence-corrected chi connectivity index (χ4v) is 1.95. The maximum atomic E-state index is 12.4. The first-order chi connectivity index (χ1) is 11.0. The summed E-state index contributed by atoms with van der Waals surface area (Å²) in [5.74, 6) is 0.0957. The van der Waals surface area contributed by atoms with Gasteiger partial charge in [0.1, 0.15) is 6.33 Å². The Labute approximate surface area is 130 Å². The fourth-order valence-electron chi connectivity index (χ4n) is 1.95. The molecule has 2 aromatic heterocycles. The summed E-state index contributed by atoms with van der Waals surface area (Å²) in [5, 5.41) is 7.86. The van der Waals surface area contributed by atoms with Gasteiger partial charge in [0.05, 0.1) is 6.54 Å². The summed E-state index contributed by atoms with van der Waals surface area (Å²) in [6.45, 7) is 0.551. The Morgan fingerprint density at radius 3 is 2.52 bits per heavy atom. The smallest absolute Gasteiger partial charge is 0.315 e. The van der Waals surface area contributed by atoms with Crippen LogP contribution in [0.5, 0.6) is 0 Å². The molecule has 0 aliphatic heterocycles. The zero-order chi connectivity index (χ0) is 16.4. The minimum Gasteiger partial charge on any atom is -0.346 e. The monoisotopic (exact) mass is 320 g/mol. The fraction of sp³-hybridized carbons (Fsp3) is 0.286. The van der Waals surface area contributed by atoms with E-state index in [1.807, 2.05) is 31.1 Å². The second-order valence-corrected chi connectivity index (χ2v) is 5.09. The predicted octanol–water partition coefficient (Wildman–Crippen LogP) is 2.38. The van der Waals surface area contributed by atoms with Gasteiger partial charge in [-0.3, -0.25) is 0 Å². The van der Waals surface area contributed by atoms with E-state index in [0.29, 0.717) is 18.1 Å². The number of aromatic nitrogens is 5. The summed E-state index contributed by atoms with van der Waals surface area (Å²) in [6, 6.07) is 7.20. The molecule has 0 fully saturated rings. The van der Waals surface area contributed by atoms with E-state index in [2.05, 4.69) is 24.7 Å². The first-order valence-electron chi connectivity index (χ1n) is 6.81. The SMILES string of the molecule is CN(C)c1ncn(Cc2ccc(-c3noc(C(F)F)n3)cc2)n1. The second kappa shape index (κ2) is 6.11. The van der Waals surface area contributed by atoms with Crippen molar-refractivity contribution in [1.29, 1.82) is 0 Å². The van der Waals surface area contributed by atoms with Gasteiger partial charge in [0, 0.05) is 19.7 Å². The lowest BCUT2D eigenvalue weighted by atomic mass is 10.1.